The lowest BCUT2D eigenvalue weighted by molar-refractivity contribution is 0.0945. The molecular weight excluding hydrogens is 557 g/mol. The molecule has 7 nitrogen and oxygen atoms in total. The zero-order valence-corrected chi connectivity index (χ0v) is 25.4. The van der Waals surface area contributed by atoms with Gasteiger partial charge in [-0.05, 0) is 90.2 Å². The molecule has 0 radical (unpaired) electrons. The monoisotopic (exact) mass is 593 g/mol. The number of aryl methyl sites for hydroxylation is 1. The van der Waals surface area contributed by atoms with E-state index in [0.717, 1.165) is 29.7 Å². The normalized spacial score (nSPS) is 11.1. The Morgan fingerprint density at radius 3 is 2.45 bits per heavy atom. The Bertz CT molecular complexity index is 1790. The number of benzene rings is 3. The van der Waals surface area contributed by atoms with Crippen molar-refractivity contribution >= 4 is 22.8 Å². The Morgan fingerprint density at radius 1 is 0.955 bits per heavy atom. The van der Waals surface area contributed by atoms with Gasteiger partial charge in [0, 0.05) is 47.6 Å². The number of ether oxygens (including phenoxy) is 1. The summed E-state index contributed by atoms with van der Waals surface area (Å²) in [4.78, 5) is 30.6. The molecule has 3 aromatic carbocycles. The third-order valence-electron chi connectivity index (χ3n) is 7.25. The van der Waals surface area contributed by atoms with Gasteiger partial charge in [0.25, 0.3) is 11.8 Å². The second kappa shape index (κ2) is 13.5. The lowest BCUT2D eigenvalue weighted by Gasteiger charge is -2.15. The SMILES string of the molecule is CCCc1cc(COc2ccc(C(=O)NCC(C)C)cc2-c2ccc3oc(-c4ccc(F)cc4)c(C(=O)NC)c3c2)ccn1. The second-order valence-electron chi connectivity index (χ2n) is 11.1. The van der Waals surface area contributed by atoms with Crippen molar-refractivity contribution in [2.75, 3.05) is 13.6 Å². The van der Waals surface area contributed by atoms with Crippen LogP contribution in [0.25, 0.3) is 33.4 Å². The number of nitrogens with one attached hydrogen (secondary N) is 2. The third-order valence-corrected chi connectivity index (χ3v) is 7.25. The standard InChI is InChI=1S/C36H36FN3O4/c1-5-6-28-17-23(15-16-39-28)21-43-31-13-10-26(35(41)40-20-22(2)3)19-29(31)25-9-14-32-30(18-25)33(36(42)38-4)34(44-32)24-7-11-27(37)12-8-24/h7-19,22H,5-6,20-21H2,1-4H3,(H,38,42)(H,40,41). The van der Waals surface area contributed by atoms with Gasteiger partial charge in [-0.15, -0.1) is 0 Å². The predicted octanol–water partition coefficient (Wildman–Crippen LogP) is 7.58. The molecule has 0 atom stereocenters. The summed E-state index contributed by atoms with van der Waals surface area (Å²) >= 11 is 0. The van der Waals surface area contributed by atoms with Crippen LogP contribution in [0.15, 0.2) is 83.4 Å². The van der Waals surface area contributed by atoms with Gasteiger partial charge in [-0.25, -0.2) is 4.39 Å². The van der Waals surface area contributed by atoms with Crippen LogP contribution in [0.1, 0.15) is 59.2 Å². The summed E-state index contributed by atoms with van der Waals surface area (Å²) in [6.07, 6.45) is 3.68. The van der Waals surface area contributed by atoms with Gasteiger partial charge in [0.15, 0.2) is 0 Å². The first-order valence-corrected chi connectivity index (χ1v) is 14.8. The number of hydrogen-bond donors (Lipinski definition) is 2. The van der Waals surface area contributed by atoms with Gasteiger partial charge in [0.1, 0.15) is 29.5 Å². The van der Waals surface area contributed by atoms with Crippen molar-refractivity contribution in [3.8, 4) is 28.2 Å². The molecule has 0 aliphatic heterocycles. The van der Waals surface area contributed by atoms with E-state index < -0.39 is 0 Å². The van der Waals surface area contributed by atoms with Crippen molar-refractivity contribution < 1.29 is 23.1 Å². The topological polar surface area (TPSA) is 93.5 Å². The molecule has 2 N–H and O–H groups in total. The molecule has 5 aromatic rings. The van der Waals surface area contributed by atoms with E-state index in [1.165, 1.54) is 12.1 Å². The van der Waals surface area contributed by atoms with E-state index in [-0.39, 0.29) is 17.6 Å². The summed E-state index contributed by atoms with van der Waals surface area (Å²) in [6, 6.07) is 20.7. The summed E-state index contributed by atoms with van der Waals surface area (Å²) < 4.78 is 26.1. The Morgan fingerprint density at radius 2 is 1.73 bits per heavy atom. The van der Waals surface area contributed by atoms with Crippen molar-refractivity contribution in [2.24, 2.45) is 5.92 Å². The molecule has 0 unspecified atom stereocenters. The highest BCUT2D eigenvalue weighted by Crippen LogP contribution is 2.39. The molecule has 8 heteroatoms. The first-order chi connectivity index (χ1) is 21.3. The van der Waals surface area contributed by atoms with Gasteiger partial charge in [0.05, 0.1) is 5.56 Å². The molecule has 2 heterocycles. The highest BCUT2D eigenvalue weighted by molar-refractivity contribution is 6.12. The quantitative estimate of drug-likeness (QED) is 0.165. The van der Waals surface area contributed by atoms with Gasteiger partial charge in [-0.1, -0.05) is 33.3 Å². The van der Waals surface area contributed by atoms with Crippen LogP contribution in [-0.4, -0.2) is 30.4 Å². The van der Waals surface area contributed by atoms with Crippen molar-refractivity contribution in [1.29, 1.82) is 0 Å². The van der Waals surface area contributed by atoms with E-state index in [1.54, 1.807) is 43.6 Å². The highest BCUT2D eigenvalue weighted by atomic mass is 19.1. The average Bonchev–Trinajstić information content (AvgIpc) is 3.41. The van der Waals surface area contributed by atoms with Crippen LogP contribution in [0.4, 0.5) is 4.39 Å². The molecule has 226 valence electrons. The molecule has 0 spiro atoms. The van der Waals surface area contributed by atoms with Crippen LogP contribution in [0.3, 0.4) is 0 Å². The largest absolute Gasteiger partial charge is 0.488 e. The maximum absolute atomic E-state index is 13.7. The second-order valence-corrected chi connectivity index (χ2v) is 11.1. The van der Waals surface area contributed by atoms with E-state index in [2.05, 4.69) is 22.5 Å². The first-order valence-electron chi connectivity index (χ1n) is 14.8. The van der Waals surface area contributed by atoms with Crippen LogP contribution >= 0.6 is 0 Å². The summed E-state index contributed by atoms with van der Waals surface area (Å²) in [5, 5.41) is 6.26. The zero-order chi connectivity index (χ0) is 31.2. The number of halogens is 1. The molecule has 0 bridgehead atoms. The fourth-order valence-electron chi connectivity index (χ4n) is 5.01. The van der Waals surface area contributed by atoms with E-state index >= 15 is 0 Å². The fraction of sp³-hybridized carbons (Fsp3) is 0.250. The van der Waals surface area contributed by atoms with Gasteiger partial charge in [-0.2, -0.15) is 0 Å². The number of rotatable bonds is 11. The number of hydrogen-bond acceptors (Lipinski definition) is 5. The van der Waals surface area contributed by atoms with Crippen molar-refractivity contribution in [3.63, 3.8) is 0 Å². The van der Waals surface area contributed by atoms with Crippen LogP contribution in [0.2, 0.25) is 0 Å². The lowest BCUT2D eigenvalue weighted by Crippen LogP contribution is -2.27. The van der Waals surface area contributed by atoms with Gasteiger partial charge in [0.2, 0.25) is 0 Å². The van der Waals surface area contributed by atoms with Crippen LogP contribution in [-0.2, 0) is 13.0 Å². The number of pyridine rings is 1. The molecule has 2 aromatic heterocycles. The van der Waals surface area contributed by atoms with Gasteiger partial charge < -0.3 is 19.8 Å². The average molecular weight is 594 g/mol. The lowest BCUT2D eigenvalue weighted by atomic mass is 9.98. The number of nitrogens with zero attached hydrogens (tertiary/aromatic N) is 1. The molecule has 0 fully saturated rings. The molecule has 0 aliphatic rings. The first kappa shape index (κ1) is 30.5. The number of amides is 2. The van der Waals surface area contributed by atoms with Crippen molar-refractivity contribution in [3.05, 3.63) is 107 Å². The van der Waals surface area contributed by atoms with E-state index in [4.69, 9.17) is 9.15 Å². The summed E-state index contributed by atoms with van der Waals surface area (Å²) in [5.74, 6) is 0.337. The summed E-state index contributed by atoms with van der Waals surface area (Å²) in [5.41, 5.74) is 5.34. The minimum absolute atomic E-state index is 0.182. The Labute approximate surface area is 256 Å². The maximum atomic E-state index is 13.7. The van der Waals surface area contributed by atoms with E-state index in [0.29, 0.717) is 63.8 Å². The van der Waals surface area contributed by atoms with E-state index in [9.17, 15) is 14.0 Å². The molecular formula is C36H36FN3O4. The number of fused-ring (bicyclic) bond motifs is 1. The molecule has 44 heavy (non-hydrogen) atoms. The number of carbonyl (C=O) groups is 2. The Hall–Kier alpha value is -4.98. The van der Waals surface area contributed by atoms with Crippen LogP contribution in [0, 0.1) is 11.7 Å². The van der Waals surface area contributed by atoms with Gasteiger partial charge in [-0.3, -0.25) is 14.6 Å². The van der Waals surface area contributed by atoms with Gasteiger partial charge >= 0.3 is 0 Å². The van der Waals surface area contributed by atoms with Crippen LogP contribution in [0.5, 0.6) is 5.75 Å². The summed E-state index contributed by atoms with van der Waals surface area (Å²) in [6.45, 7) is 7.07. The number of aromatic nitrogens is 1. The molecule has 0 saturated heterocycles. The predicted molar refractivity (Wildman–Crippen MR) is 170 cm³/mol. The molecule has 5 rings (SSSR count). The minimum Gasteiger partial charge on any atom is -0.488 e. The highest BCUT2D eigenvalue weighted by Gasteiger charge is 2.23. The van der Waals surface area contributed by atoms with Crippen LogP contribution < -0.4 is 15.4 Å². The number of carbonyl (C=O) groups excluding carboxylic acids is 2. The maximum Gasteiger partial charge on any atom is 0.255 e. The Kier molecular flexibility index (Phi) is 9.38. The van der Waals surface area contributed by atoms with Crippen molar-refractivity contribution in [1.82, 2.24) is 15.6 Å². The summed E-state index contributed by atoms with van der Waals surface area (Å²) in [7, 11) is 1.55. The zero-order valence-electron chi connectivity index (χ0n) is 25.4. The molecule has 0 aliphatic carbocycles. The smallest absolute Gasteiger partial charge is 0.255 e. The Balaban J connectivity index is 1.59. The number of furan rings is 1. The molecule has 0 saturated carbocycles. The molecule has 2 amide bonds. The fourth-order valence-corrected chi connectivity index (χ4v) is 5.01. The van der Waals surface area contributed by atoms with Crippen molar-refractivity contribution in [2.45, 2.75) is 40.2 Å². The minimum atomic E-state index is -0.383. The third kappa shape index (κ3) is 6.80. The van der Waals surface area contributed by atoms with E-state index in [1.807, 2.05) is 44.2 Å².